The van der Waals surface area contributed by atoms with Crippen molar-refractivity contribution in [2.75, 3.05) is 42.7 Å². The molecular weight excluding hydrogens is 609 g/mol. The smallest absolute Gasteiger partial charge is 0.241 e. The molecule has 0 saturated heterocycles. The number of methoxy groups -OCH3 is 6. The number of halogens is 2. The highest BCUT2D eigenvalue weighted by Gasteiger charge is 2.25. The van der Waals surface area contributed by atoms with Crippen LogP contribution in [0.5, 0.6) is 34.5 Å². The fourth-order valence-electron chi connectivity index (χ4n) is 4.45. The topological polar surface area (TPSA) is 115 Å². The van der Waals surface area contributed by atoms with Crippen molar-refractivity contribution in [2.45, 2.75) is 11.4 Å². The van der Waals surface area contributed by atoms with E-state index < -0.39 is 10.0 Å². The first-order valence-electron chi connectivity index (χ1n) is 12.3. The Hall–Kier alpha value is -3.77. The van der Waals surface area contributed by atoms with Gasteiger partial charge in [0.15, 0.2) is 23.0 Å². The summed E-state index contributed by atoms with van der Waals surface area (Å²) >= 11 is 12.1. The van der Waals surface area contributed by atoms with Gasteiger partial charge in [-0.1, -0.05) is 23.2 Å². The van der Waals surface area contributed by atoms with Crippen LogP contribution in [0.25, 0.3) is 22.3 Å². The molecule has 0 aliphatic heterocycles. The first-order valence-corrected chi connectivity index (χ1v) is 14.5. The summed E-state index contributed by atoms with van der Waals surface area (Å²) in [4.78, 5) is -0.0919. The summed E-state index contributed by atoms with van der Waals surface area (Å²) < 4.78 is 68.1. The van der Waals surface area contributed by atoms with E-state index in [-0.39, 0.29) is 21.5 Å². The molecule has 4 rings (SSSR count). The molecule has 0 unspecified atom stereocenters. The second-order valence-corrected chi connectivity index (χ2v) is 11.3. The number of sulfonamides is 1. The Morgan fingerprint density at radius 3 is 1.55 bits per heavy atom. The summed E-state index contributed by atoms with van der Waals surface area (Å²) in [6.07, 6.45) is 1.51. The fraction of sp³-hybridized carbons (Fsp3) is 0.241. The van der Waals surface area contributed by atoms with Crippen LogP contribution in [0, 0.1) is 0 Å². The minimum absolute atomic E-state index is 0.0919. The average Bonchev–Trinajstić information content (AvgIpc) is 3.42. The van der Waals surface area contributed by atoms with Crippen molar-refractivity contribution in [1.82, 2.24) is 4.72 Å². The third-order valence-corrected chi connectivity index (χ3v) is 8.18. The highest BCUT2D eigenvalue weighted by atomic mass is 35.5. The molecule has 0 atom stereocenters. The minimum atomic E-state index is -4.03. The number of furan rings is 1. The standard InChI is InChI=1S/C29H29Cl2NO9S/c1-35-22-7-16(8-23(36-2)28(22)39-5)21-15-41-26(14-32-42(33,34)20-12-18(30)11-19(31)13-20)27(21)17-9-24(37-3)29(40-6)25(10-17)38-4/h7-13,15,32H,14H2,1-6H3. The summed E-state index contributed by atoms with van der Waals surface area (Å²) in [7, 11) is 5.01. The zero-order valence-corrected chi connectivity index (χ0v) is 26.0. The molecule has 1 N–H and O–H groups in total. The zero-order valence-electron chi connectivity index (χ0n) is 23.7. The number of hydrogen-bond acceptors (Lipinski definition) is 9. The van der Waals surface area contributed by atoms with E-state index in [2.05, 4.69) is 4.72 Å². The van der Waals surface area contributed by atoms with E-state index in [1.807, 2.05) is 0 Å². The zero-order chi connectivity index (χ0) is 30.6. The van der Waals surface area contributed by atoms with Gasteiger partial charge in [-0.3, -0.25) is 0 Å². The van der Waals surface area contributed by atoms with Gasteiger partial charge in [0.2, 0.25) is 21.5 Å². The normalized spacial score (nSPS) is 11.2. The van der Waals surface area contributed by atoms with Gasteiger partial charge in [-0.15, -0.1) is 0 Å². The van der Waals surface area contributed by atoms with Gasteiger partial charge in [-0.25, -0.2) is 13.1 Å². The van der Waals surface area contributed by atoms with Crippen molar-refractivity contribution < 1.29 is 41.3 Å². The van der Waals surface area contributed by atoms with Gasteiger partial charge in [-0.05, 0) is 53.6 Å². The lowest BCUT2D eigenvalue weighted by atomic mass is 9.95. The van der Waals surface area contributed by atoms with Crippen molar-refractivity contribution in [2.24, 2.45) is 0 Å². The number of hydrogen-bond donors (Lipinski definition) is 1. The van der Waals surface area contributed by atoms with Gasteiger partial charge in [0.1, 0.15) is 5.76 Å². The molecule has 0 aliphatic rings. The summed E-state index contributed by atoms with van der Waals surface area (Å²) in [6.45, 7) is -0.219. The molecule has 0 saturated carbocycles. The number of ether oxygens (including phenoxy) is 6. The average molecular weight is 639 g/mol. The van der Waals surface area contributed by atoms with Crippen molar-refractivity contribution in [3.63, 3.8) is 0 Å². The Morgan fingerprint density at radius 2 is 1.12 bits per heavy atom. The van der Waals surface area contributed by atoms with Crippen LogP contribution in [-0.2, 0) is 16.6 Å². The van der Waals surface area contributed by atoms with E-state index >= 15 is 0 Å². The maximum absolute atomic E-state index is 13.2. The summed E-state index contributed by atoms with van der Waals surface area (Å²) in [5.41, 5.74) is 2.40. The minimum Gasteiger partial charge on any atom is -0.493 e. The van der Waals surface area contributed by atoms with Crippen molar-refractivity contribution in [3.05, 3.63) is 64.5 Å². The summed E-state index contributed by atoms with van der Waals surface area (Å²) in [5.74, 6) is 2.72. The summed E-state index contributed by atoms with van der Waals surface area (Å²) in [5, 5.41) is 0.368. The van der Waals surface area contributed by atoms with Crippen molar-refractivity contribution in [3.8, 4) is 56.8 Å². The molecule has 13 heteroatoms. The molecule has 1 heterocycles. The second kappa shape index (κ2) is 13.0. The molecule has 1 aromatic heterocycles. The van der Waals surface area contributed by atoms with Gasteiger partial charge < -0.3 is 32.8 Å². The Morgan fingerprint density at radius 1 is 0.667 bits per heavy atom. The van der Waals surface area contributed by atoms with Crippen molar-refractivity contribution >= 4 is 33.2 Å². The maximum Gasteiger partial charge on any atom is 0.241 e. The summed E-state index contributed by atoms with van der Waals surface area (Å²) in [6, 6.07) is 11.1. The SMILES string of the molecule is COc1cc(-c2coc(CNS(=O)(=O)c3cc(Cl)cc(Cl)c3)c2-c2cc(OC)c(OC)c(OC)c2)cc(OC)c1OC. The lowest BCUT2D eigenvalue weighted by molar-refractivity contribution is 0.324. The van der Waals surface area contributed by atoms with Crippen LogP contribution < -0.4 is 33.1 Å². The quantitative estimate of drug-likeness (QED) is 0.187. The van der Waals surface area contributed by atoms with Crippen LogP contribution in [-0.4, -0.2) is 51.1 Å². The molecule has 0 bridgehead atoms. The number of rotatable bonds is 12. The first-order chi connectivity index (χ1) is 20.1. The molecule has 224 valence electrons. The van der Waals surface area contributed by atoms with E-state index in [1.54, 1.807) is 24.3 Å². The van der Waals surface area contributed by atoms with Crippen LogP contribution in [0.15, 0.2) is 58.0 Å². The molecule has 42 heavy (non-hydrogen) atoms. The number of nitrogens with one attached hydrogen (secondary N) is 1. The Balaban J connectivity index is 1.91. The van der Waals surface area contributed by atoms with Gasteiger partial charge in [-0.2, -0.15) is 0 Å². The Labute approximate surface area is 254 Å². The molecule has 0 fully saturated rings. The third kappa shape index (κ3) is 6.19. The third-order valence-electron chi connectivity index (χ3n) is 6.37. The van der Waals surface area contributed by atoms with Crippen LogP contribution in [0.2, 0.25) is 10.0 Å². The van der Waals surface area contributed by atoms with Crippen LogP contribution in [0.4, 0.5) is 0 Å². The number of benzene rings is 3. The van der Waals surface area contributed by atoms with Gasteiger partial charge in [0.05, 0.1) is 60.4 Å². The van der Waals surface area contributed by atoms with Gasteiger partial charge >= 0.3 is 0 Å². The highest BCUT2D eigenvalue weighted by molar-refractivity contribution is 7.89. The fourth-order valence-corrected chi connectivity index (χ4v) is 6.15. The molecule has 3 aromatic carbocycles. The molecule has 0 amide bonds. The Kier molecular flexibility index (Phi) is 9.67. The van der Waals surface area contributed by atoms with Crippen LogP contribution in [0.1, 0.15) is 5.76 Å². The van der Waals surface area contributed by atoms with Crippen molar-refractivity contribution in [1.29, 1.82) is 0 Å². The maximum atomic E-state index is 13.2. The predicted octanol–water partition coefficient (Wildman–Crippen LogP) is 6.45. The molecular formula is C29H29Cl2NO9S. The van der Waals surface area contributed by atoms with E-state index in [4.69, 9.17) is 56.0 Å². The monoisotopic (exact) mass is 637 g/mol. The van der Waals surface area contributed by atoms with Gasteiger partial charge in [0, 0.05) is 21.2 Å². The molecule has 0 spiro atoms. The highest BCUT2D eigenvalue weighted by Crippen LogP contribution is 2.48. The van der Waals surface area contributed by atoms with Crippen LogP contribution in [0.3, 0.4) is 0 Å². The van der Waals surface area contributed by atoms with Gasteiger partial charge in [0.25, 0.3) is 0 Å². The lowest BCUT2D eigenvalue weighted by Gasteiger charge is -2.17. The Bertz CT molecular complexity index is 1630. The predicted molar refractivity (Wildman–Crippen MR) is 159 cm³/mol. The molecule has 0 radical (unpaired) electrons. The van der Waals surface area contributed by atoms with E-state index in [0.717, 1.165) is 0 Å². The molecule has 0 aliphatic carbocycles. The lowest BCUT2D eigenvalue weighted by Crippen LogP contribution is -2.23. The second-order valence-electron chi connectivity index (χ2n) is 8.71. The van der Waals surface area contributed by atoms with E-state index in [0.29, 0.717) is 62.5 Å². The first kappa shape index (κ1) is 31.2. The molecule has 10 nitrogen and oxygen atoms in total. The largest absolute Gasteiger partial charge is 0.493 e. The molecule has 4 aromatic rings. The van der Waals surface area contributed by atoms with E-state index in [1.165, 1.54) is 67.1 Å². The van der Waals surface area contributed by atoms with E-state index in [9.17, 15) is 8.42 Å². The van der Waals surface area contributed by atoms with Crippen LogP contribution >= 0.6 is 23.2 Å².